The maximum Gasteiger partial charge on any atom is 0.231 e. The summed E-state index contributed by atoms with van der Waals surface area (Å²) in [5, 5.41) is 0.824. The van der Waals surface area contributed by atoms with Crippen LogP contribution in [-0.2, 0) is 13.1 Å². The lowest BCUT2D eigenvalue weighted by molar-refractivity contribution is -1.02. The number of hydrogen-bond donors (Lipinski definition) is 3. The van der Waals surface area contributed by atoms with Crippen LogP contribution in [0.15, 0.2) is 35.1 Å². The monoisotopic (exact) mass is 421 g/mol. The first-order chi connectivity index (χ1) is 15.0. The molecule has 6 heteroatoms. The van der Waals surface area contributed by atoms with Crippen LogP contribution < -0.4 is 24.7 Å². The van der Waals surface area contributed by atoms with E-state index < -0.39 is 0 Å². The molecule has 6 nitrogen and oxygen atoms in total. The van der Waals surface area contributed by atoms with E-state index in [9.17, 15) is 4.79 Å². The Labute approximate surface area is 182 Å². The highest BCUT2D eigenvalue weighted by atomic mass is 16.7. The van der Waals surface area contributed by atoms with Gasteiger partial charge in [0.2, 0.25) is 6.79 Å². The number of quaternary nitrogens is 2. The van der Waals surface area contributed by atoms with Gasteiger partial charge in [0.25, 0.3) is 0 Å². The summed E-state index contributed by atoms with van der Waals surface area (Å²) in [4.78, 5) is 19.8. The third-order valence-electron chi connectivity index (χ3n) is 6.75. The number of piperazine rings is 1. The summed E-state index contributed by atoms with van der Waals surface area (Å²) in [5.74, 6) is 1.70. The third-order valence-corrected chi connectivity index (χ3v) is 6.75. The zero-order chi connectivity index (χ0) is 21.5. The molecule has 0 saturated carbocycles. The van der Waals surface area contributed by atoms with E-state index in [0.717, 1.165) is 84.1 Å². The van der Waals surface area contributed by atoms with Crippen molar-refractivity contribution >= 4 is 10.9 Å². The smallest absolute Gasteiger partial charge is 0.231 e. The molecule has 162 valence electrons. The first-order valence-electron chi connectivity index (χ1n) is 11.2. The Morgan fingerprint density at radius 3 is 2.39 bits per heavy atom. The minimum absolute atomic E-state index is 0.195. The van der Waals surface area contributed by atoms with E-state index in [2.05, 4.69) is 37.0 Å². The molecule has 0 spiro atoms. The van der Waals surface area contributed by atoms with E-state index in [-0.39, 0.29) is 5.43 Å². The number of H-pyrrole nitrogens is 1. The SMILES string of the molecule is Cc1cc(C)c2[nH]c(C)c(C[NH+]3CC[NH+](Cc4ccc5c(c4)OCO5)CC3)c(=O)c2c1. The van der Waals surface area contributed by atoms with Gasteiger partial charge in [0, 0.05) is 16.6 Å². The van der Waals surface area contributed by atoms with Crippen molar-refractivity contribution in [2.45, 2.75) is 33.9 Å². The molecular formula is C25H31N3O3+2. The molecule has 31 heavy (non-hydrogen) atoms. The van der Waals surface area contributed by atoms with Gasteiger partial charge in [-0.3, -0.25) is 4.79 Å². The quantitative estimate of drug-likeness (QED) is 0.580. The fourth-order valence-corrected chi connectivity index (χ4v) is 5.02. The zero-order valence-corrected chi connectivity index (χ0v) is 18.6. The van der Waals surface area contributed by atoms with Crippen molar-refractivity contribution in [2.75, 3.05) is 33.0 Å². The predicted octanol–water partition coefficient (Wildman–Crippen LogP) is 0.666. The number of pyridine rings is 1. The number of ether oxygens (including phenoxy) is 2. The van der Waals surface area contributed by atoms with Crippen LogP contribution in [0.3, 0.4) is 0 Å². The lowest BCUT2D eigenvalue weighted by atomic mass is 10.0. The summed E-state index contributed by atoms with van der Waals surface area (Å²) in [6.45, 7) is 12.6. The van der Waals surface area contributed by atoms with Crippen molar-refractivity contribution in [3.8, 4) is 11.5 Å². The summed E-state index contributed by atoms with van der Waals surface area (Å²) >= 11 is 0. The Balaban J connectivity index is 1.26. The highest BCUT2D eigenvalue weighted by Gasteiger charge is 2.26. The van der Waals surface area contributed by atoms with Crippen LogP contribution in [0.25, 0.3) is 10.9 Å². The Hall–Kier alpha value is -2.83. The molecule has 5 rings (SSSR count). The van der Waals surface area contributed by atoms with E-state index >= 15 is 0 Å². The normalized spacial score (nSPS) is 20.4. The molecule has 3 aromatic rings. The summed E-state index contributed by atoms with van der Waals surface area (Å²) in [6.07, 6.45) is 0. The second kappa shape index (κ2) is 8.02. The van der Waals surface area contributed by atoms with Crippen LogP contribution in [0.4, 0.5) is 0 Å². The second-order valence-corrected chi connectivity index (χ2v) is 9.10. The van der Waals surface area contributed by atoms with Crippen molar-refractivity contribution in [2.24, 2.45) is 0 Å². The van der Waals surface area contributed by atoms with Gasteiger partial charge >= 0.3 is 0 Å². The molecule has 2 aromatic carbocycles. The van der Waals surface area contributed by atoms with Gasteiger partial charge in [0.15, 0.2) is 16.9 Å². The van der Waals surface area contributed by atoms with E-state index in [1.165, 1.54) is 10.5 Å². The van der Waals surface area contributed by atoms with Crippen LogP contribution in [0, 0.1) is 20.8 Å². The molecule has 0 bridgehead atoms. The molecule has 0 atom stereocenters. The molecule has 0 aliphatic carbocycles. The molecule has 0 radical (unpaired) electrons. The minimum atomic E-state index is 0.195. The fraction of sp³-hybridized carbons (Fsp3) is 0.400. The lowest BCUT2D eigenvalue weighted by Crippen LogP contribution is -3.27. The van der Waals surface area contributed by atoms with Crippen molar-refractivity contribution in [1.29, 1.82) is 0 Å². The fourth-order valence-electron chi connectivity index (χ4n) is 5.02. The minimum Gasteiger partial charge on any atom is -0.454 e. The Bertz CT molecular complexity index is 1190. The van der Waals surface area contributed by atoms with Gasteiger partial charge in [0.1, 0.15) is 39.3 Å². The van der Waals surface area contributed by atoms with E-state index in [1.54, 1.807) is 4.90 Å². The summed E-state index contributed by atoms with van der Waals surface area (Å²) in [6, 6.07) is 10.4. The molecule has 3 N–H and O–H groups in total. The van der Waals surface area contributed by atoms with Gasteiger partial charge in [0.05, 0.1) is 11.1 Å². The Morgan fingerprint density at radius 1 is 0.903 bits per heavy atom. The van der Waals surface area contributed by atoms with Crippen LogP contribution in [-0.4, -0.2) is 38.0 Å². The van der Waals surface area contributed by atoms with E-state index in [4.69, 9.17) is 9.47 Å². The molecule has 3 heterocycles. The second-order valence-electron chi connectivity index (χ2n) is 9.10. The Kier molecular flexibility index (Phi) is 5.20. The van der Waals surface area contributed by atoms with Crippen molar-refractivity contribution < 1.29 is 19.3 Å². The number of benzene rings is 2. The molecule has 1 aromatic heterocycles. The summed E-state index contributed by atoms with van der Waals surface area (Å²) < 4.78 is 10.9. The highest BCUT2D eigenvalue weighted by molar-refractivity contribution is 5.83. The third kappa shape index (κ3) is 3.93. The summed E-state index contributed by atoms with van der Waals surface area (Å²) in [5.41, 5.74) is 6.67. The average Bonchev–Trinajstić information content (AvgIpc) is 3.21. The van der Waals surface area contributed by atoms with Crippen LogP contribution in [0.5, 0.6) is 11.5 Å². The van der Waals surface area contributed by atoms with Gasteiger partial charge < -0.3 is 24.3 Å². The zero-order valence-electron chi connectivity index (χ0n) is 18.6. The molecular weight excluding hydrogens is 390 g/mol. The van der Waals surface area contributed by atoms with Gasteiger partial charge in [-0.2, -0.15) is 0 Å². The maximum atomic E-state index is 13.3. The molecule has 1 fully saturated rings. The van der Waals surface area contributed by atoms with Gasteiger partial charge in [-0.05, 0) is 56.2 Å². The topological polar surface area (TPSA) is 60.2 Å². The van der Waals surface area contributed by atoms with Gasteiger partial charge in [-0.25, -0.2) is 0 Å². The Morgan fingerprint density at radius 2 is 1.61 bits per heavy atom. The van der Waals surface area contributed by atoms with Crippen LogP contribution in [0.2, 0.25) is 0 Å². The number of aromatic nitrogens is 1. The van der Waals surface area contributed by atoms with Crippen molar-refractivity contribution in [3.63, 3.8) is 0 Å². The predicted molar refractivity (Wildman–Crippen MR) is 120 cm³/mol. The molecule has 0 amide bonds. The van der Waals surface area contributed by atoms with Crippen LogP contribution >= 0.6 is 0 Å². The largest absolute Gasteiger partial charge is 0.454 e. The van der Waals surface area contributed by atoms with Gasteiger partial charge in [-0.1, -0.05) is 6.07 Å². The average molecular weight is 422 g/mol. The standard InChI is InChI=1S/C25H29N3O3/c1-16-10-17(2)24-20(11-16)25(29)21(18(3)26-24)14-28-8-6-27(7-9-28)13-19-4-5-22-23(12-19)31-15-30-22/h4-5,10-12H,6-9,13-15H2,1-3H3,(H,26,29)/p+2. The number of fused-ring (bicyclic) bond motifs is 2. The van der Waals surface area contributed by atoms with Gasteiger partial charge in [-0.15, -0.1) is 0 Å². The molecule has 2 aliphatic heterocycles. The number of rotatable bonds is 4. The molecule has 1 saturated heterocycles. The van der Waals surface area contributed by atoms with Crippen molar-refractivity contribution in [3.05, 3.63) is 68.5 Å². The first kappa shape index (κ1) is 20.1. The number of hydrogen-bond acceptors (Lipinski definition) is 3. The maximum absolute atomic E-state index is 13.3. The van der Waals surface area contributed by atoms with Crippen LogP contribution in [0.1, 0.15) is 27.9 Å². The number of aryl methyl sites for hydroxylation is 3. The first-order valence-corrected chi connectivity index (χ1v) is 11.2. The van der Waals surface area contributed by atoms with Crippen molar-refractivity contribution in [1.82, 2.24) is 4.98 Å². The lowest BCUT2D eigenvalue weighted by Gasteiger charge is -2.30. The number of aromatic amines is 1. The van der Waals surface area contributed by atoms with E-state index in [1.807, 2.05) is 19.1 Å². The molecule has 0 unspecified atom stereocenters. The molecule has 2 aliphatic rings. The highest BCUT2D eigenvalue weighted by Crippen LogP contribution is 2.32. The number of nitrogens with one attached hydrogen (secondary N) is 3. The summed E-state index contributed by atoms with van der Waals surface area (Å²) in [7, 11) is 0. The van der Waals surface area contributed by atoms with E-state index in [0.29, 0.717) is 6.79 Å².